The van der Waals surface area contributed by atoms with E-state index in [9.17, 15) is 4.79 Å². The van der Waals surface area contributed by atoms with Crippen molar-refractivity contribution >= 4 is 12.4 Å². The average molecular weight is 272 g/mol. The Morgan fingerprint density at radius 1 is 1.15 bits per heavy atom. The number of hydrogen-bond acceptors (Lipinski definition) is 4. The first kappa shape index (κ1) is 14.0. The topological polar surface area (TPSA) is 51.1 Å². The van der Waals surface area contributed by atoms with Gasteiger partial charge in [-0.05, 0) is 17.7 Å². The number of benzene rings is 1. The van der Waals surface area contributed by atoms with E-state index in [-0.39, 0.29) is 6.61 Å². The fourth-order valence-corrected chi connectivity index (χ4v) is 1.53. The third-order valence-electron chi connectivity index (χ3n) is 2.50. The van der Waals surface area contributed by atoms with E-state index in [2.05, 4.69) is 4.99 Å². The summed E-state index contributed by atoms with van der Waals surface area (Å²) >= 11 is 0. The average Bonchev–Trinajstić information content (AvgIpc) is 2.77. The zero-order valence-electron chi connectivity index (χ0n) is 11.0. The highest BCUT2D eigenvalue weighted by atomic mass is 16.6. The second-order valence-electron chi connectivity index (χ2n) is 4.01. The molecule has 5 heteroatoms. The molecular weight excluding hydrogens is 256 g/mol. The summed E-state index contributed by atoms with van der Waals surface area (Å²) < 4.78 is 10.5. The monoisotopic (exact) mass is 272 g/mol. The van der Waals surface area contributed by atoms with Crippen LogP contribution in [0.1, 0.15) is 5.56 Å². The Kier molecular flexibility index (Phi) is 5.54. The maximum absolute atomic E-state index is 11.7. The Morgan fingerprint density at radius 3 is 2.85 bits per heavy atom. The van der Waals surface area contributed by atoms with E-state index >= 15 is 0 Å². The van der Waals surface area contributed by atoms with Crippen molar-refractivity contribution in [3.05, 3.63) is 60.4 Å². The molecule has 1 aliphatic rings. The molecule has 1 heterocycles. The van der Waals surface area contributed by atoms with E-state index in [1.54, 1.807) is 24.6 Å². The van der Waals surface area contributed by atoms with E-state index in [0.29, 0.717) is 13.2 Å². The van der Waals surface area contributed by atoms with Crippen LogP contribution in [-0.4, -0.2) is 30.5 Å². The van der Waals surface area contributed by atoms with Crippen molar-refractivity contribution in [1.29, 1.82) is 0 Å². The molecule has 0 aromatic heterocycles. The van der Waals surface area contributed by atoms with Gasteiger partial charge in [0.2, 0.25) is 0 Å². The van der Waals surface area contributed by atoms with Crippen LogP contribution in [0.4, 0.5) is 4.79 Å². The summed E-state index contributed by atoms with van der Waals surface area (Å²) in [4.78, 5) is 16.8. The number of aliphatic imine (C=N–C) groups is 1. The summed E-state index contributed by atoms with van der Waals surface area (Å²) in [5.74, 6) is 0. The van der Waals surface area contributed by atoms with Crippen molar-refractivity contribution in [2.75, 3.05) is 13.2 Å². The predicted molar refractivity (Wildman–Crippen MR) is 76.1 cm³/mol. The van der Waals surface area contributed by atoms with Gasteiger partial charge in [-0.1, -0.05) is 30.3 Å². The molecule has 0 saturated carbocycles. The lowest BCUT2D eigenvalue weighted by molar-refractivity contribution is 0.0600. The van der Waals surface area contributed by atoms with Gasteiger partial charge in [-0.2, -0.15) is 0 Å². The highest BCUT2D eigenvalue weighted by Crippen LogP contribution is 2.01. The first-order valence-electron chi connectivity index (χ1n) is 6.29. The van der Waals surface area contributed by atoms with Gasteiger partial charge in [0.05, 0.1) is 13.2 Å². The van der Waals surface area contributed by atoms with Crippen LogP contribution in [0.25, 0.3) is 0 Å². The zero-order chi connectivity index (χ0) is 14.0. The lowest BCUT2D eigenvalue weighted by Gasteiger charge is -2.12. The van der Waals surface area contributed by atoms with E-state index in [4.69, 9.17) is 9.47 Å². The Labute approximate surface area is 117 Å². The molecule has 0 bridgehead atoms. The van der Waals surface area contributed by atoms with Gasteiger partial charge in [0.15, 0.2) is 0 Å². The molecule has 104 valence electrons. The third-order valence-corrected chi connectivity index (χ3v) is 2.50. The van der Waals surface area contributed by atoms with E-state index in [0.717, 1.165) is 5.56 Å². The fourth-order valence-electron chi connectivity index (χ4n) is 1.53. The highest BCUT2D eigenvalue weighted by molar-refractivity contribution is 5.84. The number of hydrogen-bond donors (Lipinski definition) is 0. The quantitative estimate of drug-likeness (QED) is 0.774. The second kappa shape index (κ2) is 7.91. The normalized spacial score (nSPS) is 13.3. The van der Waals surface area contributed by atoms with Crippen LogP contribution in [0, 0.1) is 0 Å². The molecule has 0 saturated heterocycles. The van der Waals surface area contributed by atoms with Crippen LogP contribution in [-0.2, 0) is 16.1 Å². The van der Waals surface area contributed by atoms with Crippen LogP contribution >= 0.6 is 0 Å². The molecule has 1 aliphatic heterocycles. The van der Waals surface area contributed by atoms with Crippen LogP contribution in [0.15, 0.2) is 59.9 Å². The SMILES string of the molecule is O=C(OCCOCc1ccccc1)N1C=CC=CN=C1. The van der Waals surface area contributed by atoms with Crippen LogP contribution < -0.4 is 0 Å². The highest BCUT2D eigenvalue weighted by Gasteiger charge is 2.09. The van der Waals surface area contributed by atoms with Gasteiger partial charge in [-0.25, -0.2) is 14.7 Å². The maximum Gasteiger partial charge on any atom is 0.419 e. The number of allylic oxidation sites excluding steroid dienone is 2. The lowest BCUT2D eigenvalue weighted by atomic mass is 10.2. The summed E-state index contributed by atoms with van der Waals surface area (Å²) in [5, 5.41) is 0. The minimum Gasteiger partial charge on any atom is -0.446 e. The zero-order valence-corrected chi connectivity index (χ0v) is 11.0. The number of ether oxygens (including phenoxy) is 2. The van der Waals surface area contributed by atoms with Crippen molar-refractivity contribution in [2.45, 2.75) is 6.61 Å². The van der Waals surface area contributed by atoms with Gasteiger partial charge < -0.3 is 9.47 Å². The molecule has 0 spiro atoms. The van der Waals surface area contributed by atoms with E-state index < -0.39 is 6.09 Å². The summed E-state index contributed by atoms with van der Waals surface area (Å²) in [6, 6.07) is 9.83. The molecule has 0 fully saturated rings. The number of amides is 1. The Bertz CT molecular complexity index is 493. The van der Waals surface area contributed by atoms with Gasteiger partial charge in [0.1, 0.15) is 12.9 Å². The molecule has 5 nitrogen and oxygen atoms in total. The second-order valence-corrected chi connectivity index (χ2v) is 4.01. The molecule has 1 aromatic carbocycles. The Hall–Kier alpha value is -2.40. The standard InChI is InChI=1S/C15H16N2O3/c18-15(17-9-5-4-8-16-13-17)20-11-10-19-12-14-6-2-1-3-7-14/h1-9,13H,10-12H2. The van der Waals surface area contributed by atoms with Crippen molar-refractivity contribution in [3.8, 4) is 0 Å². The van der Waals surface area contributed by atoms with Gasteiger partial charge in [0.25, 0.3) is 0 Å². The van der Waals surface area contributed by atoms with Gasteiger partial charge >= 0.3 is 6.09 Å². The largest absolute Gasteiger partial charge is 0.446 e. The maximum atomic E-state index is 11.7. The van der Waals surface area contributed by atoms with Gasteiger partial charge in [-0.15, -0.1) is 0 Å². The minimum atomic E-state index is -0.475. The molecule has 20 heavy (non-hydrogen) atoms. The number of rotatable bonds is 5. The van der Waals surface area contributed by atoms with Crippen LogP contribution in [0.5, 0.6) is 0 Å². The summed E-state index contributed by atoms with van der Waals surface area (Å²) in [6.07, 6.45) is 7.53. The molecular formula is C15H16N2O3. The smallest absolute Gasteiger partial charge is 0.419 e. The first-order valence-corrected chi connectivity index (χ1v) is 6.29. The minimum absolute atomic E-state index is 0.206. The van der Waals surface area contributed by atoms with Gasteiger partial charge in [-0.3, -0.25) is 0 Å². The predicted octanol–water partition coefficient (Wildman–Crippen LogP) is 2.71. The van der Waals surface area contributed by atoms with Crippen molar-refractivity contribution in [2.24, 2.45) is 4.99 Å². The molecule has 0 N–H and O–H groups in total. The van der Waals surface area contributed by atoms with Gasteiger partial charge in [0, 0.05) is 12.4 Å². The van der Waals surface area contributed by atoms with Crippen molar-refractivity contribution in [1.82, 2.24) is 4.90 Å². The fraction of sp³-hybridized carbons (Fsp3) is 0.200. The molecule has 1 aromatic rings. The number of carbonyl (C=O) groups excluding carboxylic acids is 1. The Balaban J connectivity index is 1.62. The summed E-state index contributed by atoms with van der Waals surface area (Å²) in [7, 11) is 0. The molecule has 1 amide bonds. The molecule has 0 atom stereocenters. The summed E-state index contributed by atoms with van der Waals surface area (Å²) in [6.45, 7) is 1.07. The molecule has 0 radical (unpaired) electrons. The molecule has 0 unspecified atom stereocenters. The van der Waals surface area contributed by atoms with Crippen LogP contribution in [0.3, 0.4) is 0 Å². The third kappa shape index (κ3) is 4.70. The van der Waals surface area contributed by atoms with Crippen molar-refractivity contribution in [3.63, 3.8) is 0 Å². The lowest BCUT2D eigenvalue weighted by Crippen LogP contribution is -2.26. The van der Waals surface area contributed by atoms with E-state index in [1.165, 1.54) is 11.2 Å². The number of nitrogens with zero attached hydrogens (tertiary/aromatic N) is 2. The van der Waals surface area contributed by atoms with Crippen molar-refractivity contribution < 1.29 is 14.3 Å². The Morgan fingerprint density at radius 2 is 2.00 bits per heavy atom. The number of carbonyl (C=O) groups is 1. The van der Waals surface area contributed by atoms with Crippen LogP contribution in [0.2, 0.25) is 0 Å². The molecule has 2 rings (SSSR count). The summed E-state index contributed by atoms with van der Waals surface area (Å²) in [5.41, 5.74) is 1.09. The first-order chi connectivity index (χ1) is 9.86. The molecule has 0 aliphatic carbocycles. The van der Waals surface area contributed by atoms with E-state index in [1.807, 2.05) is 30.3 Å².